The second-order valence-corrected chi connectivity index (χ2v) is 6.02. The van der Waals surface area contributed by atoms with Gasteiger partial charge >= 0.3 is 0 Å². The standard InChI is InChI=1S/C18H20FN3O4/c1-11-14(4-6-26-11)18(24)22-16-8-12(2-3-15(16)19)21-17(23)9-13-10-25-7-5-20-13/h2-4,6,8,13,20H,5,7,9-10H2,1H3,(H,21,23)(H,22,24). The Kier molecular flexibility index (Phi) is 5.65. The molecule has 7 nitrogen and oxygen atoms in total. The molecular formula is C18H20FN3O4. The van der Waals surface area contributed by atoms with Crippen molar-refractivity contribution in [2.24, 2.45) is 0 Å². The number of nitrogens with one attached hydrogen (secondary N) is 3. The monoisotopic (exact) mass is 361 g/mol. The number of amides is 2. The van der Waals surface area contributed by atoms with E-state index in [9.17, 15) is 14.0 Å². The van der Waals surface area contributed by atoms with Crippen LogP contribution in [-0.2, 0) is 9.53 Å². The van der Waals surface area contributed by atoms with E-state index >= 15 is 0 Å². The minimum atomic E-state index is -0.597. The predicted octanol–water partition coefficient (Wildman–Crippen LogP) is 2.30. The SMILES string of the molecule is Cc1occc1C(=O)Nc1cc(NC(=O)CC2COCCN2)ccc1F. The summed E-state index contributed by atoms with van der Waals surface area (Å²) in [5, 5.41) is 8.39. The van der Waals surface area contributed by atoms with E-state index in [1.165, 1.54) is 30.5 Å². The molecule has 0 radical (unpaired) electrons. The lowest BCUT2D eigenvalue weighted by Crippen LogP contribution is -2.43. The third kappa shape index (κ3) is 4.47. The Morgan fingerprint density at radius 2 is 2.15 bits per heavy atom. The molecule has 3 N–H and O–H groups in total. The Balaban J connectivity index is 1.64. The molecule has 1 atom stereocenters. The molecule has 1 aliphatic rings. The van der Waals surface area contributed by atoms with Gasteiger partial charge in [-0.15, -0.1) is 0 Å². The van der Waals surface area contributed by atoms with Crippen molar-refractivity contribution in [1.82, 2.24) is 5.32 Å². The van der Waals surface area contributed by atoms with Crippen molar-refractivity contribution < 1.29 is 23.1 Å². The molecule has 0 bridgehead atoms. The summed E-state index contributed by atoms with van der Waals surface area (Å²) in [6, 6.07) is 5.47. The zero-order valence-electron chi connectivity index (χ0n) is 14.3. The number of anilines is 2. The molecule has 0 saturated carbocycles. The molecule has 0 spiro atoms. The van der Waals surface area contributed by atoms with Crippen LogP contribution >= 0.6 is 0 Å². The first-order chi connectivity index (χ1) is 12.5. The summed E-state index contributed by atoms with van der Waals surface area (Å²) in [4.78, 5) is 24.3. The molecule has 2 aromatic rings. The lowest BCUT2D eigenvalue weighted by atomic mass is 10.2. The molecule has 138 valence electrons. The van der Waals surface area contributed by atoms with Gasteiger partial charge in [-0.25, -0.2) is 4.39 Å². The van der Waals surface area contributed by atoms with Gasteiger partial charge in [-0.2, -0.15) is 0 Å². The molecule has 2 amide bonds. The molecule has 8 heteroatoms. The number of carbonyl (C=O) groups excluding carboxylic acids is 2. The van der Waals surface area contributed by atoms with Gasteiger partial charge in [0.2, 0.25) is 5.91 Å². The van der Waals surface area contributed by atoms with Gasteiger partial charge in [-0.3, -0.25) is 9.59 Å². The normalized spacial score (nSPS) is 16.9. The average Bonchev–Trinajstić information content (AvgIpc) is 3.05. The van der Waals surface area contributed by atoms with Crippen LogP contribution in [0, 0.1) is 12.7 Å². The summed E-state index contributed by atoms with van der Waals surface area (Å²) >= 11 is 0. The van der Waals surface area contributed by atoms with Gasteiger partial charge in [-0.05, 0) is 31.2 Å². The Morgan fingerprint density at radius 3 is 2.85 bits per heavy atom. The Labute approximate surface area is 149 Å². The van der Waals surface area contributed by atoms with Crippen LogP contribution in [0.5, 0.6) is 0 Å². The number of halogens is 1. The molecule has 1 aromatic carbocycles. The van der Waals surface area contributed by atoms with Gasteiger partial charge < -0.3 is 25.1 Å². The summed E-state index contributed by atoms with van der Waals surface area (Å²) in [7, 11) is 0. The minimum Gasteiger partial charge on any atom is -0.469 e. The summed E-state index contributed by atoms with van der Waals surface area (Å²) in [5.74, 6) is -0.862. The number of benzene rings is 1. The Bertz CT molecular complexity index is 799. The van der Waals surface area contributed by atoms with E-state index in [0.717, 1.165) is 0 Å². The van der Waals surface area contributed by atoms with E-state index < -0.39 is 11.7 Å². The Hall–Kier alpha value is -2.71. The van der Waals surface area contributed by atoms with Crippen molar-refractivity contribution >= 4 is 23.2 Å². The van der Waals surface area contributed by atoms with Crippen LogP contribution in [0.15, 0.2) is 34.9 Å². The molecular weight excluding hydrogens is 341 g/mol. The summed E-state index contributed by atoms with van der Waals surface area (Å²) < 4.78 is 24.4. The van der Waals surface area contributed by atoms with Gasteiger partial charge in [0.15, 0.2) is 0 Å². The fourth-order valence-electron chi connectivity index (χ4n) is 2.70. The van der Waals surface area contributed by atoms with E-state index in [0.29, 0.717) is 36.8 Å². The number of rotatable bonds is 5. The molecule has 26 heavy (non-hydrogen) atoms. The van der Waals surface area contributed by atoms with Crippen LogP contribution < -0.4 is 16.0 Å². The highest BCUT2D eigenvalue weighted by atomic mass is 19.1. The molecule has 3 rings (SSSR count). The van der Waals surface area contributed by atoms with E-state index in [1.54, 1.807) is 6.92 Å². The fraction of sp³-hybridized carbons (Fsp3) is 0.333. The first-order valence-corrected chi connectivity index (χ1v) is 8.29. The van der Waals surface area contributed by atoms with Crippen LogP contribution in [0.2, 0.25) is 0 Å². The molecule has 0 aliphatic carbocycles. The van der Waals surface area contributed by atoms with Gasteiger partial charge in [0, 0.05) is 24.7 Å². The van der Waals surface area contributed by atoms with Crippen LogP contribution in [0.3, 0.4) is 0 Å². The second kappa shape index (κ2) is 8.11. The summed E-state index contributed by atoms with van der Waals surface area (Å²) in [6.45, 7) is 3.46. The third-order valence-corrected chi connectivity index (χ3v) is 4.03. The molecule has 1 saturated heterocycles. The molecule has 1 fully saturated rings. The smallest absolute Gasteiger partial charge is 0.259 e. The maximum atomic E-state index is 14.0. The highest BCUT2D eigenvalue weighted by Gasteiger charge is 2.18. The molecule has 1 aromatic heterocycles. The zero-order chi connectivity index (χ0) is 18.5. The van der Waals surface area contributed by atoms with E-state index in [1.807, 2.05) is 0 Å². The second-order valence-electron chi connectivity index (χ2n) is 6.02. The van der Waals surface area contributed by atoms with Crippen molar-refractivity contribution in [1.29, 1.82) is 0 Å². The summed E-state index contributed by atoms with van der Waals surface area (Å²) in [5.41, 5.74) is 0.696. The highest BCUT2D eigenvalue weighted by molar-refractivity contribution is 6.05. The first-order valence-electron chi connectivity index (χ1n) is 8.29. The van der Waals surface area contributed by atoms with Crippen molar-refractivity contribution in [3.63, 3.8) is 0 Å². The first kappa shape index (κ1) is 18.1. The average molecular weight is 361 g/mol. The number of hydrogen-bond donors (Lipinski definition) is 3. The minimum absolute atomic E-state index is 0.0208. The number of aryl methyl sites for hydroxylation is 1. The van der Waals surface area contributed by atoms with Crippen LogP contribution in [0.4, 0.5) is 15.8 Å². The number of carbonyl (C=O) groups is 2. The molecule has 1 aliphatic heterocycles. The third-order valence-electron chi connectivity index (χ3n) is 4.03. The maximum absolute atomic E-state index is 14.0. The maximum Gasteiger partial charge on any atom is 0.259 e. The predicted molar refractivity (Wildman–Crippen MR) is 93.7 cm³/mol. The number of ether oxygens (including phenoxy) is 1. The van der Waals surface area contributed by atoms with Gasteiger partial charge in [0.1, 0.15) is 11.6 Å². The topological polar surface area (TPSA) is 92.6 Å². The summed E-state index contributed by atoms with van der Waals surface area (Å²) in [6.07, 6.45) is 1.63. The molecule has 1 unspecified atom stereocenters. The Morgan fingerprint density at radius 1 is 1.31 bits per heavy atom. The van der Waals surface area contributed by atoms with Gasteiger partial charge in [0.05, 0.1) is 30.7 Å². The van der Waals surface area contributed by atoms with Crippen molar-refractivity contribution in [2.45, 2.75) is 19.4 Å². The van der Waals surface area contributed by atoms with Gasteiger partial charge in [0.25, 0.3) is 5.91 Å². The zero-order valence-corrected chi connectivity index (χ0v) is 14.3. The van der Waals surface area contributed by atoms with Crippen molar-refractivity contribution in [3.8, 4) is 0 Å². The lowest BCUT2D eigenvalue weighted by Gasteiger charge is -2.23. The largest absolute Gasteiger partial charge is 0.469 e. The fourth-order valence-corrected chi connectivity index (χ4v) is 2.70. The van der Waals surface area contributed by atoms with Crippen LogP contribution in [-0.4, -0.2) is 37.6 Å². The molecule has 2 heterocycles. The highest BCUT2D eigenvalue weighted by Crippen LogP contribution is 2.21. The number of hydrogen-bond acceptors (Lipinski definition) is 5. The van der Waals surface area contributed by atoms with E-state index in [-0.39, 0.29) is 24.1 Å². The van der Waals surface area contributed by atoms with Crippen LogP contribution in [0.25, 0.3) is 0 Å². The lowest BCUT2D eigenvalue weighted by molar-refractivity contribution is -0.117. The van der Waals surface area contributed by atoms with Crippen molar-refractivity contribution in [2.75, 3.05) is 30.4 Å². The van der Waals surface area contributed by atoms with Crippen molar-refractivity contribution in [3.05, 3.63) is 47.7 Å². The van der Waals surface area contributed by atoms with E-state index in [4.69, 9.17) is 9.15 Å². The van der Waals surface area contributed by atoms with E-state index in [2.05, 4.69) is 16.0 Å². The number of morpholine rings is 1. The van der Waals surface area contributed by atoms with Gasteiger partial charge in [-0.1, -0.05) is 0 Å². The quantitative estimate of drug-likeness (QED) is 0.760. The van der Waals surface area contributed by atoms with Crippen LogP contribution in [0.1, 0.15) is 22.5 Å². The number of furan rings is 1.